The van der Waals surface area contributed by atoms with Crippen LogP contribution in [0.2, 0.25) is 0 Å². The molecule has 0 atom stereocenters. The largest absolute Gasteiger partial charge is 0.493 e. The zero-order valence-corrected chi connectivity index (χ0v) is 24.8. The maximum Gasteiger partial charge on any atom is 0.254 e. The molecule has 5 rings (SSSR count). The number of aromatic nitrogens is 1. The molecule has 1 N–H and O–H groups in total. The number of para-hydroxylation sites is 1. The van der Waals surface area contributed by atoms with Crippen LogP contribution in [0.3, 0.4) is 0 Å². The number of fused-ring (bicyclic) bond motifs is 2. The molecule has 2 heterocycles. The number of rotatable bonds is 14. The summed E-state index contributed by atoms with van der Waals surface area (Å²) in [6, 6.07) is 18.8. The van der Waals surface area contributed by atoms with Gasteiger partial charge in [-0.05, 0) is 60.4 Å². The van der Waals surface area contributed by atoms with Crippen LogP contribution in [0.4, 0.5) is 0 Å². The minimum absolute atomic E-state index is 0.0852. The monoisotopic (exact) mass is 587 g/mol. The Balaban J connectivity index is 1.38. The van der Waals surface area contributed by atoms with E-state index in [1.165, 1.54) is 0 Å². The normalized spacial score (nSPS) is 11.9. The second kappa shape index (κ2) is 14.0. The maximum atomic E-state index is 14.0. The van der Waals surface area contributed by atoms with E-state index in [2.05, 4.69) is 11.1 Å². The van der Waals surface area contributed by atoms with Crippen molar-refractivity contribution in [3.05, 3.63) is 83.6 Å². The van der Waals surface area contributed by atoms with Crippen molar-refractivity contribution in [2.75, 3.05) is 54.4 Å². The van der Waals surface area contributed by atoms with Gasteiger partial charge in [0.15, 0.2) is 23.0 Å². The number of aromatic amines is 1. The summed E-state index contributed by atoms with van der Waals surface area (Å²) in [5, 5.41) is 1.13. The third-order valence-electron chi connectivity index (χ3n) is 7.51. The van der Waals surface area contributed by atoms with Crippen molar-refractivity contribution in [2.24, 2.45) is 0 Å². The lowest BCUT2D eigenvalue weighted by Crippen LogP contribution is -2.44. The van der Waals surface area contributed by atoms with Crippen LogP contribution in [0, 0.1) is 0 Å². The summed E-state index contributed by atoms with van der Waals surface area (Å²) >= 11 is 0. The van der Waals surface area contributed by atoms with E-state index in [0.29, 0.717) is 67.6 Å². The Morgan fingerprint density at radius 1 is 0.884 bits per heavy atom. The first-order valence-corrected chi connectivity index (χ1v) is 14.2. The molecule has 226 valence electrons. The van der Waals surface area contributed by atoms with Crippen LogP contribution in [0.5, 0.6) is 23.0 Å². The zero-order chi connectivity index (χ0) is 30.2. The molecule has 2 amide bonds. The van der Waals surface area contributed by atoms with Gasteiger partial charge in [0.1, 0.15) is 6.54 Å². The first-order valence-electron chi connectivity index (χ1n) is 14.2. The molecule has 10 heteroatoms. The number of ether oxygens (including phenoxy) is 5. The Hall–Kier alpha value is -4.70. The molecule has 1 aromatic heterocycles. The molecule has 1 aliphatic rings. The number of carbonyl (C=O) groups is 2. The molecule has 0 saturated heterocycles. The number of hydrogen-bond acceptors (Lipinski definition) is 7. The molecule has 10 nitrogen and oxygen atoms in total. The molecule has 0 radical (unpaired) electrons. The summed E-state index contributed by atoms with van der Waals surface area (Å²) in [6.07, 6.45) is 3.22. The van der Waals surface area contributed by atoms with Crippen molar-refractivity contribution in [3.8, 4) is 23.0 Å². The first-order chi connectivity index (χ1) is 21.0. The minimum Gasteiger partial charge on any atom is -0.493 e. The number of nitrogens with one attached hydrogen (secondary N) is 1. The molecule has 0 unspecified atom stereocenters. The third kappa shape index (κ3) is 7.03. The van der Waals surface area contributed by atoms with E-state index in [9.17, 15) is 9.59 Å². The van der Waals surface area contributed by atoms with E-state index in [-0.39, 0.29) is 25.2 Å². The summed E-state index contributed by atoms with van der Waals surface area (Å²) in [6.45, 7) is 1.65. The third-order valence-corrected chi connectivity index (χ3v) is 7.51. The summed E-state index contributed by atoms with van der Waals surface area (Å²) in [4.78, 5) is 34.4. The fourth-order valence-electron chi connectivity index (χ4n) is 5.21. The standard InChI is InChI=1S/C33H37N3O7/c1-39-16-6-14-36(33(38)24-10-12-29-31(18-24)43-22-42-29)21-32(37)35(20-23-9-11-28(40-2)30(17-23)41-3)15-13-25-19-34-27-8-5-4-7-26(25)27/h4-5,7-12,17-19,34H,6,13-16,20-22H2,1-3H3. The molecule has 0 spiro atoms. The average molecular weight is 588 g/mol. The van der Waals surface area contributed by atoms with Gasteiger partial charge >= 0.3 is 0 Å². The molecule has 3 aromatic carbocycles. The highest BCUT2D eigenvalue weighted by atomic mass is 16.7. The second-order valence-corrected chi connectivity index (χ2v) is 10.3. The number of hydrogen-bond donors (Lipinski definition) is 1. The molecular formula is C33H37N3O7. The Bertz CT molecular complexity index is 1570. The van der Waals surface area contributed by atoms with Gasteiger partial charge < -0.3 is 38.5 Å². The zero-order valence-electron chi connectivity index (χ0n) is 24.8. The molecule has 1 aliphatic heterocycles. The molecular weight excluding hydrogens is 550 g/mol. The van der Waals surface area contributed by atoms with Gasteiger partial charge in [0, 0.05) is 56.0 Å². The smallest absolute Gasteiger partial charge is 0.254 e. The van der Waals surface area contributed by atoms with Crippen molar-refractivity contribution >= 4 is 22.7 Å². The van der Waals surface area contributed by atoms with Crippen LogP contribution in [-0.2, 0) is 22.5 Å². The van der Waals surface area contributed by atoms with Crippen molar-refractivity contribution < 1.29 is 33.3 Å². The first kappa shape index (κ1) is 29.8. The number of amides is 2. The average Bonchev–Trinajstić information content (AvgIpc) is 3.68. The Labute approximate surface area is 251 Å². The summed E-state index contributed by atoms with van der Waals surface area (Å²) < 4.78 is 27.0. The molecule has 0 aliphatic carbocycles. The summed E-state index contributed by atoms with van der Waals surface area (Å²) in [5.74, 6) is 1.89. The van der Waals surface area contributed by atoms with Gasteiger partial charge in [-0.25, -0.2) is 0 Å². The van der Waals surface area contributed by atoms with Crippen LogP contribution >= 0.6 is 0 Å². The number of H-pyrrole nitrogens is 1. The lowest BCUT2D eigenvalue weighted by Gasteiger charge is -2.28. The number of benzene rings is 3. The highest BCUT2D eigenvalue weighted by Crippen LogP contribution is 2.33. The van der Waals surface area contributed by atoms with E-state index in [1.807, 2.05) is 42.6 Å². The fourth-order valence-corrected chi connectivity index (χ4v) is 5.21. The van der Waals surface area contributed by atoms with Gasteiger partial charge in [-0.1, -0.05) is 24.3 Å². The van der Waals surface area contributed by atoms with E-state index in [0.717, 1.165) is 22.0 Å². The molecule has 0 fully saturated rings. The maximum absolute atomic E-state index is 14.0. The molecule has 43 heavy (non-hydrogen) atoms. The van der Waals surface area contributed by atoms with Crippen LogP contribution in [0.1, 0.15) is 27.9 Å². The number of nitrogens with zero attached hydrogens (tertiary/aromatic N) is 2. The van der Waals surface area contributed by atoms with Crippen molar-refractivity contribution in [2.45, 2.75) is 19.4 Å². The predicted molar refractivity (Wildman–Crippen MR) is 162 cm³/mol. The lowest BCUT2D eigenvalue weighted by molar-refractivity contribution is -0.132. The van der Waals surface area contributed by atoms with Crippen molar-refractivity contribution in [3.63, 3.8) is 0 Å². The van der Waals surface area contributed by atoms with E-state index in [1.54, 1.807) is 49.3 Å². The van der Waals surface area contributed by atoms with Crippen molar-refractivity contribution in [1.82, 2.24) is 14.8 Å². The predicted octanol–water partition coefficient (Wildman–Crippen LogP) is 4.66. The van der Waals surface area contributed by atoms with E-state index < -0.39 is 0 Å². The van der Waals surface area contributed by atoms with Gasteiger partial charge in [-0.3, -0.25) is 9.59 Å². The quantitative estimate of drug-likeness (QED) is 0.214. The minimum atomic E-state index is -0.259. The number of carbonyl (C=O) groups excluding carboxylic acids is 2. The number of methoxy groups -OCH3 is 3. The van der Waals surface area contributed by atoms with E-state index >= 15 is 0 Å². The van der Waals surface area contributed by atoms with Gasteiger partial charge in [0.25, 0.3) is 5.91 Å². The Morgan fingerprint density at radius 2 is 1.70 bits per heavy atom. The highest BCUT2D eigenvalue weighted by molar-refractivity contribution is 5.97. The van der Waals surface area contributed by atoms with Gasteiger partial charge in [0.2, 0.25) is 12.7 Å². The Morgan fingerprint density at radius 3 is 2.51 bits per heavy atom. The fraction of sp³-hybridized carbons (Fsp3) is 0.333. The van der Waals surface area contributed by atoms with Crippen LogP contribution < -0.4 is 18.9 Å². The SMILES string of the molecule is COCCCN(CC(=O)N(CCc1c[nH]c2ccccc12)Cc1ccc(OC)c(OC)c1)C(=O)c1ccc2c(c1)OCO2. The van der Waals surface area contributed by atoms with Crippen molar-refractivity contribution in [1.29, 1.82) is 0 Å². The van der Waals surface area contributed by atoms with Gasteiger partial charge in [-0.15, -0.1) is 0 Å². The van der Waals surface area contributed by atoms with E-state index in [4.69, 9.17) is 23.7 Å². The van der Waals surface area contributed by atoms with Crippen LogP contribution in [0.25, 0.3) is 10.9 Å². The van der Waals surface area contributed by atoms with Gasteiger partial charge in [-0.2, -0.15) is 0 Å². The highest BCUT2D eigenvalue weighted by Gasteiger charge is 2.25. The lowest BCUT2D eigenvalue weighted by atomic mass is 10.1. The molecule has 4 aromatic rings. The topological polar surface area (TPSA) is 103 Å². The van der Waals surface area contributed by atoms with Crippen LogP contribution in [-0.4, -0.2) is 81.0 Å². The van der Waals surface area contributed by atoms with Crippen LogP contribution in [0.15, 0.2) is 66.9 Å². The summed E-state index contributed by atoms with van der Waals surface area (Å²) in [5.41, 5.74) is 3.49. The summed E-state index contributed by atoms with van der Waals surface area (Å²) in [7, 11) is 4.79. The molecule has 0 saturated carbocycles. The Kier molecular flexibility index (Phi) is 9.68. The van der Waals surface area contributed by atoms with Gasteiger partial charge in [0.05, 0.1) is 14.2 Å². The molecule has 0 bridgehead atoms. The second-order valence-electron chi connectivity index (χ2n) is 10.3.